The Kier molecular flexibility index (Phi) is 4.30. The first kappa shape index (κ1) is 13.0. The van der Waals surface area contributed by atoms with Gasteiger partial charge in [0.25, 0.3) is 0 Å². The largest absolute Gasteiger partial charge is 0.508 e. The number of benzene rings is 1. The van der Waals surface area contributed by atoms with E-state index in [1.54, 1.807) is 0 Å². The van der Waals surface area contributed by atoms with Gasteiger partial charge in [-0.2, -0.15) is 0 Å². The Balaban J connectivity index is 2.63. The van der Waals surface area contributed by atoms with Crippen molar-refractivity contribution < 1.29 is 9.50 Å². The van der Waals surface area contributed by atoms with E-state index in [0.717, 1.165) is 12.8 Å². The highest BCUT2D eigenvalue weighted by Gasteiger charge is 2.16. The summed E-state index contributed by atoms with van der Waals surface area (Å²) in [6.07, 6.45) is 2.14. The van der Waals surface area contributed by atoms with Crippen molar-refractivity contribution in [2.45, 2.75) is 45.7 Å². The fourth-order valence-corrected chi connectivity index (χ4v) is 1.74. The highest BCUT2D eigenvalue weighted by Crippen LogP contribution is 2.19. The molecule has 0 radical (unpaired) electrons. The molecule has 16 heavy (non-hydrogen) atoms. The third-order valence-corrected chi connectivity index (χ3v) is 2.67. The van der Waals surface area contributed by atoms with Gasteiger partial charge in [-0.1, -0.05) is 13.3 Å². The van der Waals surface area contributed by atoms with E-state index in [4.69, 9.17) is 0 Å². The van der Waals surface area contributed by atoms with E-state index in [0.29, 0.717) is 12.1 Å². The van der Waals surface area contributed by atoms with Crippen molar-refractivity contribution in [1.82, 2.24) is 5.32 Å². The second-order valence-electron chi connectivity index (χ2n) is 4.76. The number of halogens is 1. The molecule has 0 saturated heterocycles. The van der Waals surface area contributed by atoms with Crippen LogP contribution in [-0.4, -0.2) is 10.6 Å². The zero-order chi connectivity index (χ0) is 12.2. The minimum Gasteiger partial charge on any atom is -0.508 e. The van der Waals surface area contributed by atoms with Crippen LogP contribution in [0.5, 0.6) is 5.75 Å². The molecule has 90 valence electrons. The predicted octanol–water partition coefficient (Wildman–Crippen LogP) is 3.20. The molecule has 2 N–H and O–H groups in total. The zero-order valence-electron chi connectivity index (χ0n) is 10.2. The maximum atomic E-state index is 13.0. The summed E-state index contributed by atoms with van der Waals surface area (Å²) >= 11 is 0. The molecule has 0 unspecified atom stereocenters. The lowest BCUT2D eigenvalue weighted by atomic mass is 9.98. The number of hydrogen-bond donors (Lipinski definition) is 2. The molecular formula is C13H20FNO. The molecule has 0 fully saturated rings. The molecule has 0 heterocycles. The number of phenols is 1. The molecular weight excluding hydrogens is 205 g/mol. The van der Waals surface area contributed by atoms with Crippen LogP contribution in [0.25, 0.3) is 0 Å². The summed E-state index contributed by atoms with van der Waals surface area (Å²) in [5.41, 5.74) is 0.609. The predicted molar refractivity (Wildman–Crippen MR) is 63.9 cm³/mol. The molecule has 0 saturated carbocycles. The number of aromatic hydroxyl groups is 1. The molecule has 3 heteroatoms. The van der Waals surface area contributed by atoms with Crippen molar-refractivity contribution in [1.29, 1.82) is 0 Å². The average molecular weight is 225 g/mol. The van der Waals surface area contributed by atoms with Crippen LogP contribution in [0, 0.1) is 5.82 Å². The van der Waals surface area contributed by atoms with Gasteiger partial charge in [0.05, 0.1) is 0 Å². The van der Waals surface area contributed by atoms with Crippen molar-refractivity contribution >= 4 is 0 Å². The molecule has 0 aliphatic rings. The molecule has 0 aliphatic carbocycles. The van der Waals surface area contributed by atoms with Gasteiger partial charge in [-0.25, -0.2) is 4.39 Å². The zero-order valence-corrected chi connectivity index (χ0v) is 10.2. The summed E-state index contributed by atoms with van der Waals surface area (Å²) in [5.74, 6) is -0.177. The van der Waals surface area contributed by atoms with Crippen LogP contribution in [0.3, 0.4) is 0 Å². The highest BCUT2D eigenvalue weighted by atomic mass is 19.1. The van der Waals surface area contributed by atoms with Crippen LogP contribution >= 0.6 is 0 Å². The quantitative estimate of drug-likeness (QED) is 0.806. The maximum absolute atomic E-state index is 13.0. The summed E-state index contributed by atoms with van der Waals surface area (Å²) in [5, 5.41) is 12.9. The van der Waals surface area contributed by atoms with Gasteiger partial charge >= 0.3 is 0 Å². The molecule has 0 aliphatic heterocycles. The Morgan fingerprint density at radius 2 is 2.06 bits per heavy atom. The second kappa shape index (κ2) is 5.30. The van der Waals surface area contributed by atoms with E-state index < -0.39 is 0 Å². The summed E-state index contributed by atoms with van der Waals surface area (Å²) in [7, 11) is 0. The van der Waals surface area contributed by atoms with Gasteiger partial charge in [0.1, 0.15) is 11.6 Å². The van der Waals surface area contributed by atoms with Gasteiger partial charge in [-0.05, 0) is 38.5 Å². The maximum Gasteiger partial charge on any atom is 0.123 e. The Bertz CT molecular complexity index is 350. The monoisotopic (exact) mass is 225 g/mol. The Hall–Kier alpha value is -1.09. The van der Waals surface area contributed by atoms with E-state index in [1.165, 1.54) is 18.2 Å². The van der Waals surface area contributed by atoms with E-state index in [2.05, 4.69) is 26.1 Å². The van der Waals surface area contributed by atoms with Gasteiger partial charge in [0.15, 0.2) is 0 Å². The summed E-state index contributed by atoms with van der Waals surface area (Å²) in [6, 6.07) is 4.01. The van der Waals surface area contributed by atoms with Gasteiger partial charge in [0.2, 0.25) is 0 Å². The van der Waals surface area contributed by atoms with E-state index in [9.17, 15) is 9.50 Å². The van der Waals surface area contributed by atoms with Crippen molar-refractivity contribution in [3.8, 4) is 5.75 Å². The number of rotatable bonds is 5. The number of phenolic OH excluding ortho intramolecular Hbond substituents is 1. The first-order chi connectivity index (χ1) is 7.44. The SMILES string of the molecule is CCCC(C)(C)NCc1cc(F)ccc1O. The molecule has 0 spiro atoms. The number of hydrogen-bond acceptors (Lipinski definition) is 2. The van der Waals surface area contributed by atoms with Crippen LogP contribution < -0.4 is 5.32 Å². The highest BCUT2D eigenvalue weighted by molar-refractivity contribution is 5.32. The molecule has 0 aromatic heterocycles. The fourth-order valence-electron chi connectivity index (χ4n) is 1.74. The molecule has 2 nitrogen and oxygen atoms in total. The molecule has 1 aromatic carbocycles. The third-order valence-electron chi connectivity index (χ3n) is 2.67. The minimum atomic E-state index is -0.317. The van der Waals surface area contributed by atoms with Crippen molar-refractivity contribution in [3.63, 3.8) is 0 Å². The second-order valence-corrected chi connectivity index (χ2v) is 4.76. The van der Waals surface area contributed by atoms with E-state index in [1.807, 2.05) is 0 Å². The molecule has 0 amide bonds. The molecule has 1 rings (SSSR count). The molecule has 0 atom stereocenters. The Morgan fingerprint density at radius 3 is 2.69 bits per heavy atom. The standard InChI is InChI=1S/C13H20FNO/c1-4-7-13(2,3)15-9-10-8-11(14)5-6-12(10)16/h5-6,8,15-16H,4,7,9H2,1-3H3. The van der Waals surface area contributed by atoms with Crippen LogP contribution in [-0.2, 0) is 6.54 Å². The van der Waals surface area contributed by atoms with Crippen molar-refractivity contribution in [2.24, 2.45) is 0 Å². The Morgan fingerprint density at radius 1 is 1.38 bits per heavy atom. The third kappa shape index (κ3) is 3.81. The van der Waals surface area contributed by atoms with Gasteiger partial charge in [0, 0.05) is 17.6 Å². The normalized spacial score (nSPS) is 11.8. The van der Waals surface area contributed by atoms with Gasteiger partial charge in [-0.15, -0.1) is 0 Å². The van der Waals surface area contributed by atoms with Crippen LogP contribution in [0.15, 0.2) is 18.2 Å². The van der Waals surface area contributed by atoms with Crippen molar-refractivity contribution in [2.75, 3.05) is 0 Å². The van der Waals surface area contributed by atoms with Gasteiger partial charge in [-0.3, -0.25) is 0 Å². The molecule has 1 aromatic rings. The van der Waals surface area contributed by atoms with Crippen LogP contribution in [0.4, 0.5) is 4.39 Å². The van der Waals surface area contributed by atoms with Gasteiger partial charge < -0.3 is 10.4 Å². The first-order valence-electron chi connectivity index (χ1n) is 5.67. The van der Waals surface area contributed by atoms with E-state index >= 15 is 0 Å². The fraction of sp³-hybridized carbons (Fsp3) is 0.538. The Labute approximate surface area is 96.5 Å². The smallest absolute Gasteiger partial charge is 0.123 e. The van der Waals surface area contributed by atoms with E-state index in [-0.39, 0.29) is 17.1 Å². The average Bonchev–Trinajstić information content (AvgIpc) is 2.19. The first-order valence-corrected chi connectivity index (χ1v) is 5.67. The molecule has 0 bridgehead atoms. The van der Waals surface area contributed by atoms with Crippen LogP contribution in [0.1, 0.15) is 39.2 Å². The lowest BCUT2D eigenvalue weighted by molar-refractivity contribution is 0.352. The van der Waals surface area contributed by atoms with Crippen LogP contribution in [0.2, 0.25) is 0 Å². The lowest BCUT2D eigenvalue weighted by Gasteiger charge is -2.26. The topological polar surface area (TPSA) is 32.3 Å². The number of nitrogens with one attached hydrogen (secondary N) is 1. The summed E-state index contributed by atoms with van der Waals surface area (Å²) < 4.78 is 13.0. The minimum absolute atomic E-state index is 0.00745. The summed E-state index contributed by atoms with van der Waals surface area (Å²) in [4.78, 5) is 0. The lowest BCUT2D eigenvalue weighted by Crippen LogP contribution is -2.38. The van der Waals surface area contributed by atoms with Crippen molar-refractivity contribution in [3.05, 3.63) is 29.6 Å². The summed E-state index contributed by atoms with van der Waals surface area (Å²) in [6.45, 7) is 6.82.